The fourth-order valence-corrected chi connectivity index (χ4v) is 4.85. The van der Waals surface area contributed by atoms with Crippen LogP contribution in [0.1, 0.15) is 27.8 Å². The number of rotatable bonds is 9. The molecule has 4 aliphatic rings. The average molecular weight is 423 g/mol. The van der Waals surface area contributed by atoms with Crippen LogP contribution >= 0.6 is 0 Å². The highest BCUT2D eigenvalue weighted by molar-refractivity contribution is 5.82. The first-order chi connectivity index (χ1) is 15.1. The summed E-state index contributed by atoms with van der Waals surface area (Å²) in [5, 5.41) is 0. The Labute approximate surface area is 182 Å². The van der Waals surface area contributed by atoms with Crippen molar-refractivity contribution in [1.29, 1.82) is 0 Å². The Balaban J connectivity index is 1.59. The fourth-order valence-electron chi connectivity index (χ4n) is 4.85. The molecule has 4 saturated heterocycles. The zero-order valence-electron chi connectivity index (χ0n) is 18.0. The van der Waals surface area contributed by atoms with Crippen molar-refractivity contribution in [3.05, 3.63) is 46.0 Å². The molecule has 4 N–H and O–H groups in total. The molecule has 164 valence electrons. The molecule has 2 aromatic carbocycles. The number of nitrogen functional groups attached to an aromatic ring is 2. The highest BCUT2D eigenvalue weighted by Gasteiger charge is 2.36. The topological polar surface area (TPSA) is 102 Å². The van der Waals surface area contributed by atoms with Crippen LogP contribution in [0.3, 0.4) is 0 Å². The second-order valence-electron chi connectivity index (χ2n) is 9.42. The van der Waals surface area contributed by atoms with Crippen molar-refractivity contribution in [2.75, 3.05) is 37.9 Å². The Hall–Kier alpha value is -2.12. The molecule has 6 heteroatoms. The van der Waals surface area contributed by atoms with Crippen LogP contribution in [0.15, 0.2) is 18.2 Å². The van der Waals surface area contributed by atoms with E-state index in [0.717, 1.165) is 63.5 Å². The van der Waals surface area contributed by atoms with E-state index in [0.29, 0.717) is 0 Å². The van der Waals surface area contributed by atoms with Crippen molar-refractivity contribution in [1.82, 2.24) is 0 Å². The second-order valence-corrected chi connectivity index (χ2v) is 9.42. The van der Waals surface area contributed by atoms with Gasteiger partial charge in [0, 0.05) is 37.1 Å². The van der Waals surface area contributed by atoms with Gasteiger partial charge in [-0.1, -0.05) is 6.07 Å². The van der Waals surface area contributed by atoms with Crippen LogP contribution in [0.2, 0.25) is 0 Å². The van der Waals surface area contributed by atoms with Gasteiger partial charge in [-0.05, 0) is 58.0 Å². The normalized spacial score (nSPS) is 27.9. The van der Waals surface area contributed by atoms with E-state index >= 15 is 0 Å². The van der Waals surface area contributed by atoms with Crippen LogP contribution in [0.4, 0.5) is 11.4 Å². The molecular weight excluding hydrogens is 392 g/mol. The van der Waals surface area contributed by atoms with Crippen molar-refractivity contribution in [3.8, 4) is 11.1 Å². The molecule has 4 heterocycles. The summed E-state index contributed by atoms with van der Waals surface area (Å²) in [4.78, 5) is 0. The predicted octanol–water partition coefficient (Wildman–Crippen LogP) is 2.59. The number of aryl methyl sites for hydroxylation is 1. The van der Waals surface area contributed by atoms with Crippen molar-refractivity contribution < 1.29 is 18.9 Å². The smallest absolute Gasteiger partial charge is 0.0851 e. The second kappa shape index (κ2) is 7.48. The van der Waals surface area contributed by atoms with E-state index in [1.54, 1.807) is 0 Å². The number of anilines is 2. The Bertz CT molecular complexity index is 968. The van der Waals surface area contributed by atoms with Gasteiger partial charge in [0.1, 0.15) is 0 Å². The minimum Gasteiger partial charge on any atom is -0.399 e. The minimum atomic E-state index is 0.268. The van der Waals surface area contributed by atoms with Gasteiger partial charge >= 0.3 is 0 Å². The van der Waals surface area contributed by atoms with E-state index in [9.17, 15) is 0 Å². The monoisotopic (exact) mass is 422 g/mol. The molecule has 0 saturated carbocycles. The first-order valence-corrected chi connectivity index (χ1v) is 11.3. The van der Waals surface area contributed by atoms with E-state index in [1.165, 1.54) is 38.9 Å². The predicted molar refractivity (Wildman–Crippen MR) is 119 cm³/mol. The van der Waals surface area contributed by atoms with Gasteiger partial charge in [-0.25, -0.2) is 0 Å². The highest BCUT2D eigenvalue weighted by atomic mass is 16.6. The highest BCUT2D eigenvalue weighted by Crippen LogP contribution is 2.44. The van der Waals surface area contributed by atoms with Crippen molar-refractivity contribution in [2.45, 2.75) is 57.0 Å². The summed E-state index contributed by atoms with van der Waals surface area (Å²) in [6, 6.07) is 6.23. The molecule has 0 bridgehead atoms. The minimum absolute atomic E-state index is 0.268. The van der Waals surface area contributed by atoms with Crippen LogP contribution < -0.4 is 11.5 Å². The van der Waals surface area contributed by atoms with Crippen molar-refractivity contribution in [3.63, 3.8) is 0 Å². The largest absolute Gasteiger partial charge is 0.399 e. The Morgan fingerprint density at radius 2 is 1.13 bits per heavy atom. The van der Waals surface area contributed by atoms with Crippen LogP contribution in [0, 0.1) is 6.92 Å². The Morgan fingerprint density at radius 3 is 1.52 bits per heavy atom. The summed E-state index contributed by atoms with van der Waals surface area (Å²) in [5.41, 5.74) is 23.6. The molecule has 4 aliphatic heterocycles. The maximum absolute atomic E-state index is 6.93. The number of epoxide rings is 4. The summed E-state index contributed by atoms with van der Waals surface area (Å²) in [7, 11) is 0. The average Bonchev–Trinajstić information content (AvgIpc) is 3.57. The summed E-state index contributed by atoms with van der Waals surface area (Å²) in [5.74, 6) is 0. The van der Waals surface area contributed by atoms with Crippen LogP contribution in [0.25, 0.3) is 11.1 Å². The summed E-state index contributed by atoms with van der Waals surface area (Å²) >= 11 is 0. The van der Waals surface area contributed by atoms with Gasteiger partial charge < -0.3 is 30.4 Å². The molecule has 6 rings (SSSR count). The Kier molecular flexibility index (Phi) is 4.72. The lowest BCUT2D eigenvalue weighted by molar-refractivity contribution is 0.399. The lowest BCUT2D eigenvalue weighted by Crippen LogP contribution is -2.17. The van der Waals surface area contributed by atoms with Gasteiger partial charge in [0.15, 0.2) is 0 Å². The molecule has 6 nitrogen and oxygen atoms in total. The number of benzene rings is 2. The van der Waals surface area contributed by atoms with Gasteiger partial charge in [0.05, 0.1) is 50.8 Å². The van der Waals surface area contributed by atoms with E-state index in [4.69, 9.17) is 30.4 Å². The third-order valence-corrected chi connectivity index (χ3v) is 6.84. The number of hydrogen-bond acceptors (Lipinski definition) is 6. The van der Waals surface area contributed by atoms with E-state index in [-0.39, 0.29) is 24.4 Å². The van der Waals surface area contributed by atoms with E-state index in [1.807, 2.05) is 6.07 Å². The summed E-state index contributed by atoms with van der Waals surface area (Å²) in [6.07, 6.45) is 4.55. The van der Waals surface area contributed by atoms with Gasteiger partial charge in [-0.15, -0.1) is 0 Å². The molecule has 4 atom stereocenters. The van der Waals surface area contributed by atoms with Crippen LogP contribution in [0.5, 0.6) is 0 Å². The van der Waals surface area contributed by atoms with E-state index < -0.39 is 0 Å². The molecule has 4 fully saturated rings. The zero-order valence-corrected chi connectivity index (χ0v) is 18.0. The van der Waals surface area contributed by atoms with Crippen molar-refractivity contribution in [2.24, 2.45) is 0 Å². The summed E-state index contributed by atoms with van der Waals surface area (Å²) in [6.45, 7) is 5.40. The fraction of sp³-hybridized carbons (Fsp3) is 0.520. The lowest BCUT2D eigenvalue weighted by Gasteiger charge is -2.26. The van der Waals surface area contributed by atoms with E-state index in [2.05, 4.69) is 19.1 Å². The molecule has 0 aromatic heterocycles. The quantitative estimate of drug-likeness (QED) is 0.476. The molecule has 31 heavy (non-hydrogen) atoms. The van der Waals surface area contributed by atoms with Gasteiger partial charge in [-0.2, -0.15) is 0 Å². The molecule has 0 spiro atoms. The number of hydrogen-bond donors (Lipinski definition) is 2. The molecule has 0 amide bonds. The van der Waals surface area contributed by atoms with Gasteiger partial charge in [0.25, 0.3) is 0 Å². The molecule has 4 unspecified atom stereocenters. The maximum Gasteiger partial charge on any atom is 0.0851 e. The molecule has 0 aliphatic carbocycles. The lowest BCUT2D eigenvalue weighted by atomic mass is 9.79. The third-order valence-electron chi connectivity index (χ3n) is 6.84. The molecule has 0 radical (unpaired) electrons. The Morgan fingerprint density at radius 1 is 0.710 bits per heavy atom. The van der Waals surface area contributed by atoms with Gasteiger partial charge in [0.2, 0.25) is 0 Å². The third kappa shape index (κ3) is 4.17. The molecular formula is C25H30N2O4. The number of ether oxygens (including phenoxy) is 4. The number of nitrogens with two attached hydrogens (primary N) is 2. The zero-order chi connectivity index (χ0) is 21.1. The molecule has 2 aromatic rings. The van der Waals surface area contributed by atoms with Gasteiger partial charge in [-0.3, -0.25) is 0 Å². The van der Waals surface area contributed by atoms with Crippen molar-refractivity contribution >= 4 is 11.4 Å². The van der Waals surface area contributed by atoms with Crippen LogP contribution in [-0.2, 0) is 44.6 Å². The maximum atomic E-state index is 6.93. The first kappa shape index (κ1) is 19.6. The first-order valence-electron chi connectivity index (χ1n) is 11.3. The summed E-state index contributed by atoms with van der Waals surface area (Å²) < 4.78 is 22.6. The van der Waals surface area contributed by atoms with Crippen LogP contribution in [-0.4, -0.2) is 50.8 Å². The SMILES string of the molecule is Cc1cc(N)ccc1-c1c(CC2CO2)c(CC2CO2)c(N)c(CC2CO2)c1CC1CO1. The standard InChI is InChI=1S/C25H30N2O4/c1-13-4-14(26)2-3-19(13)24-20(5-15-9-28-15)22(7-17-11-30-17)25(27)23(8-18-12-31-18)21(24)6-16-10-29-16/h2-4,15-18H,5-12,26-27H2,1H3.